The second-order valence-electron chi connectivity index (χ2n) is 8.15. The van der Waals surface area contributed by atoms with Crippen molar-refractivity contribution in [1.82, 2.24) is 4.90 Å². The van der Waals surface area contributed by atoms with Gasteiger partial charge in [0.1, 0.15) is 0 Å². The first-order chi connectivity index (χ1) is 15.5. The van der Waals surface area contributed by atoms with E-state index in [1.807, 2.05) is 47.4 Å². The van der Waals surface area contributed by atoms with Gasteiger partial charge in [-0.05, 0) is 61.2 Å². The summed E-state index contributed by atoms with van der Waals surface area (Å²) in [5.74, 6) is -0.134. The number of carbonyl (C=O) groups is 2. The molecule has 0 aromatic heterocycles. The zero-order chi connectivity index (χ0) is 22.5. The number of piperidine rings is 1. The Balaban J connectivity index is 1.41. The van der Waals surface area contributed by atoms with E-state index in [0.717, 1.165) is 36.1 Å². The molecule has 0 bridgehead atoms. The topological polar surface area (TPSA) is 75.4 Å². The molecule has 162 valence electrons. The van der Waals surface area contributed by atoms with Crippen molar-refractivity contribution < 1.29 is 9.59 Å². The molecule has 3 aromatic rings. The van der Waals surface area contributed by atoms with Crippen LogP contribution < -0.4 is 11.1 Å². The van der Waals surface area contributed by atoms with Crippen LogP contribution in [0.4, 0.5) is 11.4 Å². The summed E-state index contributed by atoms with van der Waals surface area (Å²) >= 11 is 0. The van der Waals surface area contributed by atoms with Crippen molar-refractivity contribution in [2.45, 2.75) is 26.3 Å². The molecule has 0 saturated carbocycles. The minimum Gasteiger partial charge on any atom is -0.397 e. The summed E-state index contributed by atoms with van der Waals surface area (Å²) in [5, 5.41) is 2.83. The lowest BCUT2D eigenvalue weighted by Gasteiger charge is -2.28. The van der Waals surface area contributed by atoms with Gasteiger partial charge in [0.05, 0.1) is 11.4 Å². The van der Waals surface area contributed by atoms with E-state index >= 15 is 0 Å². The van der Waals surface area contributed by atoms with Crippen molar-refractivity contribution in [3.8, 4) is 0 Å². The smallest absolute Gasteiger partial charge is 0.255 e. The predicted molar refractivity (Wildman–Crippen MR) is 129 cm³/mol. The van der Waals surface area contributed by atoms with E-state index in [0.29, 0.717) is 23.5 Å². The first-order valence-electron chi connectivity index (χ1n) is 10.8. The molecule has 5 nitrogen and oxygen atoms in total. The molecule has 2 amide bonds. The summed E-state index contributed by atoms with van der Waals surface area (Å²) in [6, 6.07) is 22.7. The molecule has 0 radical (unpaired) electrons. The first kappa shape index (κ1) is 21.4. The molecule has 5 heteroatoms. The van der Waals surface area contributed by atoms with Crippen molar-refractivity contribution in [2.75, 3.05) is 17.6 Å². The molecule has 32 heavy (non-hydrogen) atoms. The van der Waals surface area contributed by atoms with Gasteiger partial charge in [0.15, 0.2) is 0 Å². The maximum Gasteiger partial charge on any atom is 0.255 e. The van der Waals surface area contributed by atoms with Crippen LogP contribution in [0.5, 0.6) is 0 Å². The summed E-state index contributed by atoms with van der Waals surface area (Å²) in [6.07, 6.45) is 3.74. The minimum absolute atomic E-state index is 0.0817. The summed E-state index contributed by atoms with van der Waals surface area (Å²) in [4.78, 5) is 27.4. The highest BCUT2D eigenvalue weighted by Crippen LogP contribution is 2.23. The third kappa shape index (κ3) is 5.06. The number of hydrogen-bond donors (Lipinski definition) is 2. The predicted octanol–water partition coefficient (Wildman–Crippen LogP) is 5.04. The van der Waals surface area contributed by atoms with Crippen molar-refractivity contribution in [2.24, 2.45) is 0 Å². The van der Waals surface area contributed by atoms with Crippen molar-refractivity contribution in [3.05, 3.63) is 101 Å². The Hall–Kier alpha value is -3.86. The van der Waals surface area contributed by atoms with Gasteiger partial charge >= 0.3 is 0 Å². The molecule has 0 spiro atoms. The zero-order valence-corrected chi connectivity index (χ0v) is 18.2. The number of nitrogen functional groups attached to an aromatic ring is 1. The van der Waals surface area contributed by atoms with Crippen LogP contribution >= 0.6 is 0 Å². The van der Waals surface area contributed by atoms with Crippen LogP contribution in [0.1, 0.15) is 39.9 Å². The molecule has 3 aromatic carbocycles. The second kappa shape index (κ2) is 9.52. The Kier molecular flexibility index (Phi) is 6.36. The van der Waals surface area contributed by atoms with Crippen LogP contribution in [-0.4, -0.2) is 23.3 Å². The van der Waals surface area contributed by atoms with Gasteiger partial charge in [-0.25, -0.2) is 0 Å². The number of anilines is 2. The summed E-state index contributed by atoms with van der Waals surface area (Å²) in [5.41, 5.74) is 11.6. The molecule has 1 saturated heterocycles. The maximum absolute atomic E-state index is 13.0. The minimum atomic E-state index is -0.216. The highest BCUT2D eigenvalue weighted by atomic mass is 16.2. The number of hydrogen-bond acceptors (Lipinski definition) is 3. The number of carbonyl (C=O) groups excluding carboxylic acids is 2. The molecular weight excluding hydrogens is 398 g/mol. The number of nitrogens with one attached hydrogen (secondary N) is 1. The molecule has 1 fully saturated rings. The van der Waals surface area contributed by atoms with Crippen LogP contribution in [0.15, 0.2) is 78.4 Å². The lowest BCUT2D eigenvalue weighted by atomic mass is 9.99. The standard InChI is InChI=1S/C27H27N3O2/c1-19-8-10-20(11-9-19)17-23-5-4-16-30(27(23)32)18-21-12-14-22(15-13-21)26(31)29-25-7-3-2-6-24(25)28/h2-3,6-15,17H,4-5,16,18,28H2,1H3,(H,29,31)/b23-17+. The number of nitrogens with two attached hydrogens (primary N) is 1. The highest BCUT2D eigenvalue weighted by molar-refractivity contribution is 6.05. The molecule has 1 aliphatic rings. The molecule has 4 rings (SSSR count). The van der Waals surface area contributed by atoms with Crippen LogP contribution in [0.3, 0.4) is 0 Å². The molecule has 0 aliphatic carbocycles. The Morgan fingerprint density at radius 2 is 1.75 bits per heavy atom. The molecule has 0 atom stereocenters. The van der Waals surface area contributed by atoms with Gasteiger partial charge in [0.2, 0.25) is 5.91 Å². The fourth-order valence-electron chi connectivity index (χ4n) is 3.81. The summed E-state index contributed by atoms with van der Waals surface area (Å²) < 4.78 is 0. The lowest BCUT2D eigenvalue weighted by molar-refractivity contribution is -0.129. The van der Waals surface area contributed by atoms with E-state index in [4.69, 9.17) is 5.73 Å². The van der Waals surface area contributed by atoms with E-state index in [-0.39, 0.29) is 11.8 Å². The monoisotopic (exact) mass is 425 g/mol. The van der Waals surface area contributed by atoms with E-state index in [2.05, 4.69) is 24.4 Å². The zero-order valence-electron chi connectivity index (χ0n) is 18.2. The van der Waals surface area contributed by atoms with Gasteiger partial charge < -0.3 is 16.0 Å². The average molecular weight is 426 g/mol. The lowest BCUT2D eigenvalue weighted by Crippen LogP contribution is -2.36. The third-order valence-corrected chi connectivity index (χ3v) is 5.65. The molecule has 3 N–H and O–H groups in total. The maximum atomic E-state index is 13.0. The van der Waals surface area contributed by atoms with Crippen LogP contribution in [0, 0.1) is 6.92 Å². The molecular formula is C27H27N3O2. The second-order valence-corrected chi connectivity index (χ2v) is 8.15. The number of rotatable bonds is 5. The third-order valence-electron chi connectivity index (χ3n) is 5.65. The number of aryl methyl sites for hydroxylation is 1. The molecule has 0 unspecified atom stereocenters. The fourth-order valence-corrected chi connectivity index (χ4v) is 3.81. The fraction of sp³-hybridized carbons (Fsp3) is 0.185. The van der Waals surface area contributed by atoms with Crippen molar-refractivity contribution >= 4 is 29.3 Å². The summed E-state index contributed by atoms with van der Waals surface area (Å²) in [6.45, 7) is 3.31. The average Bonchev–Trinajstić information content (AvgIpc) is 2.80. The van der Waals surface area contributed by atoms with Crippen LogP contribution in [-0.2, 0) is 11.3 Å². The van der Waals surface area contributed by atoms with E-state index in [9.17, 15) is 9.59 Å². The summed E-state index contributed by atoms with van der Waals surface area (Å²) in [7, 11) is 0. The van der Waals surface area contributed by atoms with Crippen molar-refractivity contribution in [1.29, 1.82) is 0 Å². The van der Waals surface area contributed by atoms with Gasteiger partial charge in [-0.3, -0.25) is 9.59 Å². The van der Waals surface area contributed by atoms with E-state index in [1.54, 1.807) is 24.3 Å². The largest absolute Gasteiger partial charge is 0.397 e. The Bertz CT molecular complexity index is 1150. The van der Waals surface area contributed by atoms with Gasteiger partial charge in [-0.15, -0.1) is 0 Å². The van der Waals surface area contributed by atoms with Crippen LogP contribution in [0.25, 0.3) is 6.08 Å². The number of likely N-dealkylation sites (tertiary alicyclic amines) is 1. The number of benzene rings is 3. The van der Waals surface area contributed by atoms with E-state index < -0.39 is 0 Å². The van der Waals surface area contributed by atoms with Gasteiger partial charge in [-0.1, -0.05) is 54.1 Å². The number of amides is 2. The Morgan fingerprint density at radius 1 is 1.03 bits per heavy atom. The first-order valence-corrected chi connectivity index (χ1v) is 10.8. The van der Waals surface area contributed by atoms with Gasteiger partial charge in [-0.2, -0.15) is 0 Å². The molecule has 1 aliphatic heterocycles. The van der Waals surface area contributed by atoms with Gasteiger partial charge in [0, 0.05) is 24.2 Å². The molecule has 1 heterocycles. The normalized spacial score (nSPS) is 15.1. The van der Waals surface area contributed by atoms with Gasteiger partial charge in [0.25, 0.3) is 5.91 Å². The number of nitrogens with zero attached hydrogens (tertiary/aromatic N) is 1. The highest BCUT2D eigenvalue weighted by Gasteiger charge is 2.23. The quantitative estimate of drug-likeness (QED) is 0.444. The van der Waals surface area contributed by atoms with Crippen molar-refractivity contribution in [3.63, 3.8) is 0 Å². The Morgan fingerprint density at radius 3 is 2.47 bits per heavy atom. The Labute approximate surface area is 188 Å². The van der Waals surface area contributed by atoms with E-state index in [1.165, 1.54) is 5.56 Å². The van der Waals surface area contributed by atoms with Crippen LogP contribution in [0.2, 0.25) is 0 Å². The SMILES string of the molecule is Cc1ccc(/C=C2\CCCN(Cc3ccc(C(=O)Nc4ccccc4N)cc3)C2=O)cc1. The number of para-hydroxylation sites is 2.